The van der Waals surface area contributed by atoms with Gasteiger partial charge in [-0.1, -0.05) is 36.4 Å². The van der Waals surface area contributed by atoms with Gasteiger partial charge in [0.2, 0.25) is 0 Å². The van der Waals surface area contributed by atoms with Gasteiger partial charge >= 0.3 is 5.97 Å². The van der Waals surface area contributed by atoms with Crippen LogP contribution in [-0.2, 0) is 16.6 Å². The molecule has 0 bridgehead atoms. The minimum atomic E-state index is -1.12. The van der Waals surface area contributed by atoms with E-state index in [1.54, 1.807) is 41.5 Å². The van der Waals surface area contributed by atoms with Crippen molar-refractivity contribution >= 4 is 39.1 Å². The molecule has 0 spiro atoms. The van der Waals surface area contributed by atoms with E-state index in [1.807, 2.05) is 55.5 Å². The first-order valence-corrected chi connectivity index (χ1v) is 12.5. The van der Waals surface area contributed by atoms with Crippen LogP contribution in [0.4, 0.5) is 5.69 Å². The molecule has 1 N–H and O–H groups in total. The van der Waals surface area contributed by atoms with E-state index in [1.165, 1.54) is 22.9 Å². The van der Waals surface area contributed by atoms with Crippen molar-refractivity contribution in [2.24, 2.45) is 7.05 Å². The summed E-state index contributed by atoms with van der Waals surface area (Å²) in [5.74, 6) is -1.21. The van der Waals surface area contributed by atoms with Crippen molar-refractivity contribution in [1.82, 2.24) is 19.1 Å². The molecule has 0 aliphatic rings. The highest BCUT2D eigenvalue weighted by molar-refractivity contribution is 7.20. The molecule has 0 fully saturated rings. The standard InChI is InChI=1S/C27H25N5O4S/c1-16-21-15-22(37-26(21)31(29-16)19-11-7-5-8-12-19)27(35)36-18(3)24(33)28-23-17(2)30(4)32(25(23)34)20-13-9-6-10-14-20/h5-15,18H,1-4H3,(H,28,33). The number of anilines is 1. The molecule has 1 unspecified atom stereocenters. The number of fused-ring (bicyclic) bond motifs is 1. The highest BCUT2D eigenvalue weighted by Crippen LogP contribution is 2.31. The second kappa shape index (κ2) is 9.55. The number of aryl methyl sites for hydroxylation is 1. The van der Waals surface area contributed by atoms with E-state index >= 15 is 0 Å². The van der Waals surface area contributed by atoms with Crippen LogP contribution in [0, 0.1) is 13.8 Å². The zero-order valence-corrected chi connectivity index (χ0v) is 21.6. The highest BCUT2D eigenvalue weighted by atomic mass is 32.1. The van der Waals surface area contributed by atoms with E-state index in [0.717, 1.165) is 21.6 Å². The summed E-state index contributed by atoms with van der Waals surface area (Å²) in [5, 5.41) is 8.07. The average molecular weight is 516 g/mol. The number of para-hydroxylation sites is 2. The van der Waals surface area contributed by atoms with Crippen molar-refractivity contribution in [3.8, 4) is 11.4 Å². The number of esters is 1. The number of ether oxygens (including phenoxy) is 1. The van der Waals surface area contributed by atoms with Gasteiger partial charge in [0.15, 0.2) is 6.10 Å². The van der Waals surface area contributed by atoms with Crippen LogP contribution in [0.2, 0.25) is 0 Å². The van der Waals surface area contributed by atoms with Gasteiger partial charge in [-0.15, -0.1) is 11.3 Å². The molecule has 0 aliphatic heterocycles. The van der Waals surface area contributed by atoms with Crippen molar-refractivity contribution < 1.29 is 14.3 Å². The molecule has 5 aromatic rings. The second-order valence-corrected chi connectivity index (χ2v) is 9.67. The minimum absolute atomic E-state index is 0.139. The fourth-order valence-electron chi connectivity index (χ4n) is 4.10. The number of rotatable bonds is 6. The fraction of sp³-hybridized carbons (Fsp3) is 0.185. The molecule has 0 aliphatic carbocycles. The van der Waals surface area contributed by atoms with Gasteiger partial charge < -0.3 is 10.1 Å². The van der Waals surface area contributed by atoms with Crippen molar-refractivity contribution in [3.63, 3.8) is 0 Å². The Morgan fingerprint density at radius 2 is 1.62 bits per heavy atom. The monoisotopic (exact) mass is 515 g/mol. The lowest BCUT2D eigenvalue weighted by molar-refractivity contribution is -0.123. The topological polar surface area (TPSA) is 100 Å². The van der Waals surface area contributed by atoms with Crippen LogP contribution < -0.4 is 10.9 Å². The Morgan fingerprint density at radius 1 is 1.00 bits per heavy atom. The number of hydrogen-bond acceptors (Lipinski definition) is 6. The van der Waals surface area contributed by atoms with Gasteiger partial charge in [-0.2, -0.15) is 5.10 Å². The molecule has 0 saturated carbocycles. The van der Waals surface area contributed by atoms with Gasteiger partial charge in [-0.25, -0.2) is 14.2 Å². The SMILES string of the molecule is Cc1nn(-c2ccccc2)c2sc(C(=O)OC(C)C(=O)Nc3c(C)n(C)n(-c4ccccc4)c3=O)cc12. The number of benzene rings is 2. The Hall–Kier alpha value is -4.44. The molecule has 1 amide bonds. The largest absolute Gasteiger partial charge is 0.448 e. The molecule has 0 saturated heterocycles. The van der Waals surface area contributed by atoms with Crippen molar-refractivity contribution in [3.05, 3.63) is 93.3 Å². The molecule has 1 atom stereocenters. The van der Waals surface area contributed by atoms with Crippen LogP contribution in [0.15, 0.2) is 71.5 Å². The third-order valence-corrected chi connectivity index (χ3v) is 7.29. The first kappa shape index (κ1) is 24.3. The van der Waals surface area contributed by atoms with Crippen LogP contribution in [0.5, 0.6) is 0 Å². The molecule has 10 heteroatoms. The van der Waals surface area contributed by atoms with Crippen LogP contribution >= 0.6 is 11.3 Å². The van der Waals surface area contributed by atoms with E-state index in [-0.39, 0.29) is 11.2 Å². The zero-order chi connectivity index (χ0) is 26.3. The number of amides is 1. The van der Waals surface area contributed by atoms with Crippen LogP contribution in [0.1, 0.15) is 28.0 Å². The quantitative estimate of drug-likeness (QED) is 0.339. The first-order valence-electron chi connectivity index (χ1n) is 11.7. The van der Waals surface area contributed by atoms with E-state index in [2.05, 4.69) is 10.4 Å². The molecular weight excluding hydrogens is 490 g/mol. The molecule has 3 aromatic heterocycles. The smallest absolute Gasteiger partial charge is 0.349 e. The summed E-state index contributed by atoms with van der Waals surface area (Å²) in [4.78, 5) is 40.1. The van der Waals surface area contributed by atoms with Crippen LogP contribution in [0.25, 0.3) is 21.6 Å². The summed E-state index contributed by atoms with van der Waals surface area (Å²) in [7, 11) is 1.74. The van der Waals surface area contributed by atoms with Gasteiger partial charge in [0.05, 0.1) is 22.8 Å². The van der Waals surface area contributed by atoms with E-state index in [4.69, 9.17) is 4.74 Å². The lowest BCUT2D eigenvalue weighted by atomic mass is 10.3. The van der Waals surface area contributed by atoms with Gasteiger partial charge in [0.25, 0.3) is 11.5 Å². The van der Waals surface area contributed by atoms with Crippen molar-refractivity contribution in [1.29, 1.82) is 0 Å². The predicted octanol–water partition coefficient (Wildman–Crippen LogP) is 4.38. The number of carbonyl (C=O) groups is 2. The fourth-order valence-corrected chi connectivity index (χ4v) is 5.17. The number of hydrogen-bond donors (Lipinski definition) is 1. The Morgan fingerprint density at radius 3 is 2.27 bits per heavy atom. The number of nitrogens with zero attached hydrogens (tertiary/aromatic N) is 4. The average Bonchev–Trinajstić information content (AvgIpc) is 3.53. The molecule has 9 nitrogen and oxygen atoms in total. The third-order valence-electron chi connectivity index (χ3n) is 6.20. The Labute approximate surface area is 216 Å². The summed E-state index contributed by atoms with van der Waals surface area (Å²) >= 11 is 1.25. The second-order valence-electron chi connectivity index (χ2n) is 8.64. The summed E-state index contributed by atoms with van der Waals surface area (Å²) in [6.07, 6.45) is -1.12. The Kier molecular flexibility index (Phi) is 6.26. The number of nitrogens with one attached hydrogen (secondary N) is 1. The van der Waals surface area contributed by atoms with E-state index in [0.29, 0.717) is 16.3 Å². The van der Waals surface area contributed by atoms with Gasteiger partial charge in [0.1, 0.15) is 15.4 Å². The third kappa shape index (κ3) is 4.36. The van der Waals surface area contributed by atoms with Crippen LogP contribution in [-0.4, -0.2) is 37.1 Å². The molecule has 0 radical (unpaired) electrons. The number of thiophene rings is 1. The zero-order valence-electron chi connectivity index (χ0n) is 20.8. The maximum Gasteiger partial charge on any atom is 0.349 e. The first-order chi connectivity index (χ1) is 17.8. The van der Waals surface area contributed by atoms with Gasteiger partial charge in [0, 0.05) is 12.4 Å². The summed E-state index contributed by atoms with van der Waals surface area (Å²) < 4.78 is 10.4. The predicted molar refractivity (Wildman–Crippen MR) is 143 cm³/mol. The van der Waals surface area contributed by atoms with Crippen molar-refractivity contribution in [2.75, 3.05) is 5.32 Å². The maximum absolute atomic E-state index is 13.1. The van der Waals surface area contributed by atoms with Crippen molar-refractivity contribution in [2.45, 2.75) is 26.9 Å². The highest BCUT2D eigenvalue weighted by Gasteiger charge is 2.25. The molecule has 188 valence electrons. The molecule has 37 heavy (non-hydrogen) atoms. The summed E-state index contributed by atoms with van der Waals surface area (Å²) in [6, 6.07) is 20.5. The Balaban J connectivity index is 1.34. The lowest BCUT2D eigenvalue weighted by Crippen LogP contribution is -2.32. The molecule has 3 heterocycles. The van der Waals surface area contributed by atoms with E-state index in [9.17, 15) is 14.4 Å². The van der Waals surface area contributed by atoms with Crippen LogP contribution in [0.3, 0.4) is 0 Å². The minimum Gasteiger partial charge on any atom is -0.448 e. The summed E-state index contributed by atoms with van der Waals surface area (Å²) in [5.41, 5.74) is 2.69. The normalized spacial score (nSPS) is 12.0. The van der Waals surface area contributed by atoms with Gasteiger partial charge in [-0.05, 0) is 51.1 Å². The Bertz CT molecular complexity index is 1680. The molecular formula is C27H25N5O4S. The lowest BCUT2D eigenvalue weighted by Gasteiger charge is -2.12. The molecule has 2 aromatic carbocycles. The maximum atomic E-state index is 13.1. The van der Waals surface area contributed by atoms with Gasteiger partial charge in [-0.3, -0.25) is 14.3 Å². The van der Waals surface area contributed by atoms with E-state index < -0.39 is 18.0 Å². The number of aromatic nitrogens is 4. The molecule has 5 rings (SSSR count). The summed E-state index contributed by atoms with van der Waals surface area (Å²) in [6.45, 7) is 5.10. The number of carbonyl (C=O) groups excluding carboxylic acids is 2.